The van der Waals surface area contributed by atoms with Crippen LogP contribution in [0.15, 0.2) is 30.3 Å². The van der Waals surface area contributed by atoms with Crippen LogP contribution in [0.1, 0.15) is 49.9 Å². The largest absolute Gasteiger partial charge is 0.547 e. The van der Waals surface area contributed by atoms with Crippen molar-refractivity contribution in [2.75, 3.05) is 26.2 Å². The average molecular weight is 792 g/mol. The highest BCUT2D eigenvalue weighted by atomic mass is 35.5. The van der Waals surface area contributed by atoms with Gasteiger partial charge >= 0.3 is 30.9 Å². The molecule has 22 heteroatoms. The number of phenols is 3. The first kappa shape index (κ1) is 40.0. The SMILES string of the molecule is Cc1c(C(NC(=O)N2CCN(CCCNC(=O)c3c(F)ccc(O)c3Cl)C(=O)C2=O)C(=O)N[C@H]2Cc3ccc(F)c(C(=O)O)c3OB2O)cc(F)c(O)c1O. The molecular weight excluding hydrogens is 762 g/mol. The van der Waals surface area contributed by atoms with E-state index in [1.54, 1.807) is 0 Å². The molecule has 0 bridgehead atoms. The van der Waals surface area contributed by atoms with Crippen LogP contribution in [0.25, 0.3) is 0 Å². The van der Waals surface area contributed by atoms with Crippen LogP contribution in [0.2, 0.25) is 5.02 Å². The van der Waals surface area contributed by atoms with E-state index in [0.29, 0.717) is 11.0 Å². The van der Waals surface area contributed by atoms with Crippen LogP contribution < -0.4 is 20.6 Å². The Morgan fingerprint density at radius 2 is 1.65 bits per heavy atom. The highest BCUT2D eigenvalue weighted by Crippen LogP contribution is 2.37. The summed E-state index contributed by atoms with van der Waals surface area (Å²) in [6.45, 7) is 0.305. The minimum Gasteiger partial charge on any atom is -0.534 e. The molecule has 2 heterocycles. The molecule has 17 nitrogen and oxygen atoms in total. The number of amides is 6. The summed E-state index contributed by atoms with van der Waals surface area (Å²) in [6, 6.07) is 1.13. The topological polar surface area (TPSA) is 255 Å². The minimum atomic E-state index is -1.97. The molecule has 2 aliphatic heterocycles. The Balaban J connectivity index is 1.28. The summed E-state index contributed by atoms with van der Waals surface area (Å²) in [5, 5.41) is 56.3. The van der Waals surface area contributed by atoms with E-state index in [9.17, 15) is 67.4 Å². The van der Waals surface area contributed by atoms with Crippen LogP contribution >= 0.6 is 11.6 Å². The average Bonchev–Trinajstić information content (AvgIpc) is 3.13. The fraction of sp³-hybridized carbons (Fsp3) is 0.273. The maximum absolute atomic E-state index is 14.7. The lowest BCUT2D eigenvalue weighted by Gasteiger charge is -2.34. The van der Waals surface area contributed by atoms with Crippen LogP contribution in [0, 0.1) is 24.4 Å². The van der Waals surface area contributed by atoms with Crippen molar-refractivity contribution in [2.24, 2.45) is 0 Å². The number of benzene rings is 3. The zero-order valence-electron chi connectivity index (χ0n) is 28.4. The van der Waals surface area contributed by atoms with Crippen molar-refractivity contribution in [1.29, 1.82) is 0 Å². The number of hydrogen-bond acceptors (Lipinski definition) is 11. The second kappa shape index (κ2) is 16.0. The number of urea groups is 1. The number of hydrogen-bond donors (Lipinski definition) is 8. The number of aromatic carboxylic acids is 1. The maximum atomic E-state index is 14.7. The first-order chi connectivity index (χ1) is 25.9. The molecule has 0 aromatic heterocycles. The number of carbonyl (C=O) groups is 6. The molecule has 0 radical (unpaired) electrons. The zero-order valence-corrected chi connectivity index (χ0v) is 29.1. The number of imide groups is 1. The lowest BCUT2D eigenvalue weighted by atomic mass is 9.72. The number of halogens is 4. The summed E-state index contributed by atoms with van der Waals surface area (Å²) < 4.78 is 48.2. The highest BCUT2D eigenvalue weighted by Gasteiger charge is 2.42. The Kier molecular flexibility index (Phi) is 11.7. The van der Waals surface area contributed by atoms with Crippen molar-refractivity contribution >= 4 is 54.3 Å². The van der Waals surface area contributed by atoms with Gasteiger partial charge in [-0.15, -0.1) is 0 Å². The molecule has 290 valence electrons. The van der Waals surface area contributed by atoms with E-state index in [4.69, 9.17) is 16.3 Å². The second-order valence-electron chi connectivity index (χ2n) is 12.3. The van der Waals surface area contributed by atoms with Gasteiger partial charge in [0, 0.05) is 31.7 Å². The van der Waals surface area contributed by atoms with Crippen LogP contribution in [-0.4, -0.2) is 110 Å². The predicted octanol–water partition coefficient (Wildman–Crippen LogP) is 1.26. The van der Waals surface area contributed by atoms with E-state index in [2.05, 4.69) is 16.0 Å². The number of rotatable bonds is 10. The van der Waals surface area contributed by atoms with Crippen LogP contribution in [-0.2, 0) is 20.8 Å². The van der Waals surface area contributed by atoms with Gasteiger partial charge in [-0.05, 0) is 55.2 Å². The van der Waals surface area contributed by atoms with Crippen LogP contribution in [0.3, 0.4) is 0 Å². The van der Waals surface area contributed by atoms with Gasteiger partial charge < -0.3 is 51.0 Å². The quantitative estimate of drug-likeness (QED) is 0.0626. The molecule has 1 unspecified atom stereocenters. The van der Waals surface area contributed by atoms with E-state index in [0.717, 1.165) is 36.1 Å². The summed E-state index contributed by atoms with van der Waals surface area (Å²) in [4.78, 5) is 78.8. The number of nitrogens with one attached hydrogen (secondary N) is 3. The number of piperazine rings is 1. The van der Waals surface area contributed by atoms with E-state index < -0.39 is 123 Å². The number of fused-ring (bicyclic) bond motifs is 1. The van der Waals surface area contributed by atoms with Crippen LogP contribution in [0.5, 0.6) is 23.0 Å². The molecule has 2 aliphatic rings. The molecule has 3 aromatic rings. The summed E-state index contributed by atoms with van der Waals surface area (Å²) in [6.07, 6.45) is -0.267. The van der Waals surface area contributed by atoms with E-state index in [-0.39, 0.29) is 43.6 Å². The molecule has 0 spiro atoms. The fourth-order valence-electron chi connectivity index (χ4n) is 5.94. The lowest BCUT2D eigenvalue weighted by molar-refractivity contribution is -0.153. The molecule has 8 N–H and O–H groups in total. The first-order valence-corrected chi connectivity index (χ1v) is 16.6. The van der Waals surface area contributed by atoms with Crippen molar-refractivity contribution in [2.45, 2.75) is 31.7 Å². The molecule has 1 saturated heterocycles. The van der Waals surface area contributed by atoms with Gasteiger partial charge in [-0.3, -0.25) is 24.1 Å². The third-order valence-electron chi connectivity index (χ3n) is 8.86. The summed E-state index contributed by atoms with van der Waals surface area (Å²) in [5.41, 5.74) is -2.11. The van der Waals surface area contributed by atoms with Gasteiger partial charge in [-0.2, -0.15) is 0 Å². The molecule has 55 heavy (non-hydrogen) atoms. The van der Waals surface area contributed by atoms with Gasteiger partial charge in [-0.1, -0.05) is 17.7 Å². The number of carboxylic acid groups (broad SMARTS) is 1. The Labute approximate surface area is 313 Å². The number of aromatic hydroxyl groups is 3. The summed E-state index contributed by atoms with van der Waals surface area (Å²) >= 11 is 5.82. The first-order valence-electron chi connectivity index (χ1n) is 16.2. The van der Waals surface area contributed by atoms with Crippen LogP contribution in [0.4, 0.5) is 18.0 Å². The third-order valence-corrected chi connectivity index (χ3v) is 9.24. The monoisotopic (exact) mass is 791 g/mol. The van der Waals surface area contributed by atoms with Gasteiger partial charge in [-0.25, -0.2) is 22.8 Å². The van der Waals surface area contributed by atoms with Gasteiger partial charge in [0.25, 0.3) is 5.91 Å². The van der Waals surface area contributed by atoms with Crippen molar-refractivity contribution in [1.82, 2.24) is 25.8 Å². The number of carbonyl (C=O) groups excluding carboxylic acids is 5. The fourth-order valence-corrected chi connectivity index (χ4v) is 6.18. The normalized spacial score (nSPS) is 15.9. The molecule has 1 fully saturated rings. The Hall–Kier alpha value is -6.22. The molecule has 5 rings (SSSR count). The van der Waals surface area contributed by atoms with Gasteiger partial charge in [0.1, 0.15) is 34.7 Å². The van der Waals surface area contributed by atoms with Crippen molar-refractivity contribution in [3.63, 3.8) is 0 Å². The van der Waals surface area contributed by atoms with Gasteiger partial charge in [0.05, 0.1) is 16.5 Å². The minimum absolute atomic E-state index is 0.0558. The number of phenolic OH excluding ortho intramolecular Hbond substituents is 3. The van der Waals surface area contributed by atoms with Crippen molar-refractivity contribution in [3.05, 3.63) is 80.6 Å². The zero-order chi connectivity index (χ0) is 40.5. The maximum Gasteiger partial charge on any atom is 0.547 e. The summed E-state index contributed by atoms with van der Waals surface area (Å²) in [5.74, 6) is -14.4. The van der Waals surface area contributed by atoms with Crippen molar-refractivity contribution < 1.29 is 72.0 Å². The van der Waals surface area contributed by atoms with Gasteiger partial charge in [0.15, 0.2) is 17.3 Å². The molecule has 0 saturated carbocycles. The van der Waals surface area contributed by atoms with E-state index in [1.165, 1.54) is 0 Å². The smallest absolute Gasteiger partial charge is 0.534 e. The second-order valence-corrected chi connectivity index (χ2v) is 12.7. The standard InChI is InChI=1S/C33H30BClF3N5O12/c1-13-15(12-18(38)26(46)25(13)45)24(29(48)40-20-11-14-3-4-17(37)22(32(51)52)27(14)55-34(20)54)41-33(53)43-10-9-42(30(49)31(43)50)8-2-7-39-28(47)21-16(36)5-6-19(44)23(21)35/h3-6,12,20,24,44-46,54H,2,7-11H2,1H3,(H,39,47)(H,40,48)(H,41,53)(H,51,52)/t20-,24?/m0/s1. The number of carboxylic acids is 1. The third kappa shape index (κ3) is 8.02. The van der Waals surface area contributed by atoms with Gasteiger partial charge in [0.2, 0.25) is 5.91 Å². The van der Waals surface area contributed by atoms with E-state index >= 15 is 0 Å². The van der Waals surface area contributed by atoms with Crippen molar-refractivity contribution in [3.8, 4) is 23.0 Å². The number of nitrogens with zero attached hydrogens (tertiary/aromatic N) is 2. The predicted molar refractivity (Wildman–Crippen MR) is 182 cm³/mol. The summed E-state index contributed by atoms with van der Waals surface area (Å²) in [7, 11) is -1.97. The molecule has 2 atom stereocenters. The Morgan fingerprint density at radius 3 is 2.35 bits per heavy atom. The lowest BCUT2D eigenvalue weighted by Crippen LogP contribution is -2.60. The Morgan fingerprint density at radius 1 is 0.982 bits per heavy atom. The molecular formula is C33H30BClF3N5O12. The molecule has 3 aromatic carbocycles. The molecule has 0 aliphatic carbocycles. The van der Waals surface area contributed by atoms with E-state index in [1.807, 2.05) is 0 Å². The molecule has 6 amide bonds. The Bertz CT molecular complexity index is 2130. The highest BCUT2D eigenvalue weighted by molar-refractivity contribution is 6.47.